The van der Waals surface area contributed by atoms with Crippen molar-refractivity contribution in [2.75, 3.05) is 23.3 Å². The third-order valence-corrected chi connectivity index (χ3v) is 6.23. The molecule has 4 rings (SSSR count). The lowest BCUT2D eigenvalue weighted by Crippen LogP contribution is -2.30. The molecule has 3 heterocycles. The topological polar surface area (TPSA) is 64.9 Å². The number of nitrogens with one attached hydrogen (secondary N) is 2. The van der Waals surface area contributed by atoms with Gasteiger partial charge in [0.2, 0.25) is 0 Å². The van der Waals surface area contributed by atoms with E-state index < -0.39 is 0 Å². The van der Waals surface area contributed by atoms with Crippen LogP contribution < -0.4 is 10.2 Å². The first-order chi connectivity index (χ1) is 14.9. The molecule has 0 amide bonds. The summed E-state index contributed by atoms with van der Waals surface area (Å²) in [6, 6.07) is 6.41. The van der Waals surface area contributed by atoms with Crippen molar-refractivity contribution in [3.8, 4) is 11.1 Å². The lowest BCUT2D eigenvalue weighted by Gasteiger charge is -2.28. The molecule has 0 aromatic carbocycles. The van der Waals surface area contributed by atoms with E-state index in [9.17, 15) is 0 Å². The number of piperidine rings is 1. The van der Waals surface area contributed by atoms with Crippen LogP contribution in [0.1, 0.15) is 50.4 Å². The second-order valence-electron chi connectivity index (χ2n) is 8.94. The standard InChI is InChI=1S/C26H33N5/c1-17(21-8-9-21)12-25(27)20(4)30-23-15-24(19(3)28-16-23)22-13-18(2)29-26(14-22)31-10-6-5-7-11-31/h12-16,21,27,30H,4-11H2,1-3H3/b17-12+,27-25?. The number of aromatic nitrogens is 2. The minimum atomic E-state index is 0.429. The van der Waals surface area contributed by atoms with Crippen molar-refractivity contribution in [3.05, 3.63) is 59.7 Å². The number of hydrogen-bond acceptors (Lipinski definition) is 5. The van der Waals surface area contributed by atoms with Crippen LogP contribution in [0.2, 0.25) is 0 Å². The minimum Gasteiger partial charge on any atom is -0.357 e. The fourth-order valence-electron chi connectivity index (χ4n) is 4.20. The molecule has 2 fully saturated rings. The Kier molecular flexibility index (Phi) is 6.21. The van der Waals surface area contributed by atoms with Gasteiger partial charge < -0.3 is 10.2 Å². The van der Waals surface area contributed by atoms with E-state index in [1.165, 1.54) is 37.7 Å². The van der Waals surface area contributed by atoms with Gasteiger partial charge in [-0.3, -0.25) is 10.4 Å². The average Bonchev–Trinajstić information content (AvgIpc) is 3.61. The van der Waals surface area contributed by atoms with Crippen LogP contribution in [0.3, 0.4) is 0 Å². The Balaban J connectivity index is 1.56. The number of aryl methyl sites for hydroxylation is 2. The molecule has 1 saturated heterocycles. The maximum absolute atomic E-state index is 8.35. The zero-order chi connectivity index (χ0) is 22.0. The SMILES string of the molecule is C=C(Nc1cnc(C)c(-c2cc(C)nc(N3CCCCC3)c2)c1)C(=N)/C=C(\C)C1CC1. The van der Waals surface area contributed by atoms with Crippen molar-refractivity contribution < 1.29 is 0 Å². The van der Waals surface area contributed by atoms with Gasteiger partial charge in [-0.1, -0.05) is 12.2 Å². The van der Waals surface area contributed by atoms with E-state index in [1.807, 2.05) is 19.2 Å². The van der Waals surface area contributed by atoms with E-state index in [-0.39, 0.29) is 0 Å². The Hall–Kier alpha value is -2.95. The van der Waals surface area contributed by atoms with Crippen LogP contribution >= 0.6 is 0 Å². The summed E-state index contributed by atoms with van der Waals surface area (Å²) < 4.78 is 0. The fraction of sp³-hybridized carbons (Fsp3) is 0.423. The molecule has 2 aromatic rings. The summed E-state index contributed by atoms with van der Waals surface area (Å²) in [5, 5.41) is 11.6. The highest BCUT2D eigenvalue weighted by molar-refractivity contribution is 6.08. The van der Waals surface area contributed by atoms with Gasteiger partial charge in [0.15, 0.2) is 0 Å². The number of allylic oxidation sites excluding steroid dienone is 2. The van der Waals surface area contributed by atoms with Gasteiger partial charge in [0, 0.05) is 30.0 Å². The minimum absolute atomic E-state index is 0.429. The predicted octanol–water partition coefficient (Wildman–Crippen LogP) is 6.05. The zero-order valence-corrected chi connectivity index (χ0v) is 19.0. The van der Waals surface area contributed by atoms with Crippen molar-refractivity contribution in [2.45, 2.75) is 52.9 Å². The molecule has 31 heavy (non-hydrogen) atoms. The van der Waals surface area contributed by atoms with Gasteiger partial charge in [0.05, 0.1) is 23.3 Å². The van der Waals surface area contributed by atoms with Crippen LogP contribution in [0.15, 0.2) is 48.3 Å². The summed E-state index contributed by atoms with van der Waals surface area (Å²) >= 11 is 0. The van der Waals surface area contributed by atoms with Crippen LogP contribution in [-0.4, -0.2) is 28.8 Å². The van der Waals surface area contributed by atoms with Gasteiger partial charge in [-0.25, -0.2) is 4.98 Å². The number of nitrogens with zero attached hydrogens (tertiary/aromatic N) is 3. The second-order valence-corrected chi connectivity index (χ2v) is 8.94. The van der Waals surface area contributed by atoms with E-state index in [2.05, 4.69) is 53.8 Å². The van der Waals surface area contributed by atoms with Crippen LogP contribution in [0.25, 0.3) is 11.1 Å². The summed E-state index contributed by atoms with van der Waals surface area (Å²) in [6.45, 7) is 12.4. The first-order valence-corrected chi connectivity index (χ1v) is 11.3. The van der Waals surface area contributed by atoms with Gasteiger partial charge in [0.25, 0.3) is 0 Å². The largest absolute Gasteiger partial charge is 0.357 e. The monoisotopic (exact) mass is 415 g/mol. The Morgan fingerprint density at radius 1 is 1.16 bits per heavy atom. The van der Waals surface area contributed by atoms with Crippen molar-refractivity contribution in [1.29, 1.82) is 5.41 Å². The molecule has 1 aliphatic heterocycles. The summed E-state index contributed by atoms with van der Waals surface area (Å²) in [5.41, 5.74) is 7.35. The summed E-state index contributed by atoms with van der Waals surface area (Å²) in [5.74, 6) is 1.71. The Labute approximate surface area is 185 Å². The molecular formula is C26H33N5. The molecular weight excluding hydrogens is 382 g/mol. The maximum Gasteiger partial charge on any atom is 0.129 e. The van der Waals surface area contributed by atoms with Gasteiger partial charge in [-0.2, -0.15) is 0 Å². The molecule has 0 unspecified atom stereocenters. The van der Waals surface area contributed by atoms with Gasteiger partial charge in [-0.15, -0.1) is 0 Å². The molecule has 2 aromatic heterocycles. The number of pyridine rings is 2. The maximum atomic E-state index is 8.35. The lowest BCUT2D eigenvalue weighted by molar-refractivity contribution is 0.573. The normalized spacial score (nSPS) is 16.9. The van der Waals surface area contributed by atoms with E-state index >= 15 is 0 Å². The third-order valence-electron chi connectivity index (χ3n) is 6.23. The lowest BCUT2D eigenvalue weighted by atomic mass is 10.0. The molecule has 5 nitrogen and oxygen atoms in total. The first-order valence-electron chi connectivity index (χ1n) is 11.3. The average molecular weight is 416 g/mol. The molecule has 2 aliphatic rings. The summed E-state index contributed by atoms with van der Waals surface area (Å²) in [7, 11) is 0. The number of anilines is 2. The Bertz CT molecular complexity index is 1030. The van der Waals surface area contributed by atoms with Gasteiger partial charge in [0.1, 0.15) is 5.82 Å². The molecule has 0 atom stereocenters. The van der Waals surface area contributed by atoms with Crippen LogP contribution in [0.5, 0.6) is 0 Å². The molecule has 1 aliphatic carbocycles. The quantitative estimate of drug-likeness (QED) is 0.540. The van der Waals surface area contributed by atoms with Crippen molar-refractivity contribution in [3.63, 3.8) is 0 Å². The molecule has 0 bridgehead atoms. The smallest absolute Gasteiger partial charge is 0.129 e. The third kappa shape index (κ3) is 5.22. The Morgan fingerprint density at radius 2 is 1.90 bits per heavy atom. The molecule has 1 saturated carbocycles. The van der Waals surface area contributed by atoms with Crippen LogP contribution in [0, 0.1) is 25.2 Å². The highest BCUT2D eigenvalue weighted by Gasteiger charge is 2.23. The Morgan fingerprint density at radius 3 is 2.61 bits per heavy atom. The second kappa shape index (κ2) is 9.04. The van der Waals surface area contributed by atoms with Crippen LogP contribution in [0.4, 0.5) is 11.5 Å². The molecule has 0 spiro atoms. The predicted molar refractivity (Wildman–Crippen MR) is 130 cm³/mol. The summed E-state index contributed by atoms with van der Waals surface area (Å²) in [4.78, 5) is 11.8. The molecule has 162 valence electrons. The van der Waals surface area contributed by atoms with Crippen molar-refractivity contribution in [2.24, 2.45) is 5.92 Å². The van der Waals surface area contributed by atoms with E-state index in [0.29, 0.717) is 17.3 Å². The zero-order valence-electron chi connectivity index (χ0n) is 19.0. The van der Waals surface area contributed by atoms with Crippen molar-refractivity contribution in [1.82, 2.24) is 9.97 Å². The van der Waals surface area contributed by atoms with Gasteiger partial charge in [-0.05, 0) is 88.6 Å². The highest BCUT2D eigenvalue weighted by atomic mass is 15.2. The van der Waals surface area contributed by atoms with Gasteiger partial charge >= 0.3 is 0 Å². The molecule has 0 radical (unpaired) electrons. The highest BCUT2D eigenvalue weighted by Crippen LogP contribution is 2.36. The number of rotatable bonds is 7. The van der Waals surface area contributed by atoms with Crippen LogP contribution in [-0.2, 0) is 0 Å². The molecule has 5 heteroatoms. The molecule has 2 N–H and O–H groups in total. The van der Waals surface area contributed by atoms with E-state index in [4.69, 9.17) is 10.4 Å². The van der Waals surface area contributed by atoms with E-state index in [1.54, 1.807) is 0 Å². The number of hydrogen-bond donors (Lipinski definition) is 2. The first kappa shape index (κ1) is 21.3. The van der Waals surface area contributed by atoms with E-state index in [0.717, 1.165) is 47.1 Å². The van der Waals surface area contributed by atoms with Crippen molar-refractivity contribution >= 4 is 17.2 Å². The summed E-state index contributed by atoms with van der Waals surface area (Å²) in [6.07, 6.45) is 10.00. The fourth-order valence-corrected chi connectivity index (χ4v) is 4.20.